The van der Waals surface area contributed by atoms with Crippen LogP contribution < -0.4 is 9.80 Å². The number of rotatable bonds is 3. The van der Waals surface area contributed by atoms with Crippen molar-refractivity contribution in [3.63, 3.8) is 0 Å². The number of nitrogens with zero attached hydrogens (tertiary/aromatic N) is 3. The predicted octanol–water partition coefficient (Wildman–Crippen LogP) is 12.7. The lowest BCUT2D eigenvalue weighted by Gasteiger charge is -2.51. The molecule has 52 heavy (non-hydrogen) atoms. The Morgan fingerprint density at radius 3 is 1.15 bits per heavy atom. The Labute approximate surface area is 302 Å². The molecule has 2 aliphatic rings. The van der Waals surface area contributed by atoms with Gasteiger partial charge in [0.1, 0.15) is 0 Å². The highest BCUT2D eigenvalue weighted by Crippen LogP contribution is 2.63. The third kappa shape index (κ3) is 3.85. The molecule has 8 aromatic carbocycles. The molecular formula is C49H33N3. The molecule has 2 aliphatic heterocycles. The van der Waals surface area contributed by atoms with E-state index in [1.807, 2.05) is 0 Å². The summed E-state index contributed by atoms with van der Waals surface area (Å²) in [4.78, 5) is 4.91. The molecule has 0 amide bonds. The van der Waals surface area contributed by atoms with Crippen molar-refractivity contribution in [3.8, 4) is 5.69 Å². The van der Waals surface area contributed by atoms with E-state index in [4.69, 9.17) is 0 Å². The number of benzene rings is 8. The van der Waals surface area contributed by atoms with Gasteiger partial charge in [-0.2, -0.15) is 0 Å². The van der Waals surface area contributed by atoms with E-state index in [0.717, 1.165) is 17.1 Å². The molecule has 1 spiro atoms. The second-order valence-electron chi connectivity index (χ2n) is 13.7. The Morgan fingerprint density at radius 2 is 0.654 bits per heavy atom. The van der Waals surface area contributed by atoms with Crippen molar-refractivity contribution in [1.82, 2.24) is 4.57 Å². The fourth-order valence-electron chi connectivity index (χ4n) is 9.18. The van der Waals surface area contributed by atoms with Crippen molar-refractivity contribution in [1.29, 1.82) is 0 Å². The lowest BCUT2D eigenvalue weighted by Crippen LogP contribution is -2.41. The maximum Gasteiger partial charge on any atom is 0.0782 e. The molecular weight excluding hydrogens is 631 g/mol. The Kier molecular flexibility index (Phi) is 6.17. The molecule has 9 aromatic rings. The first-order chi connectivity index (χ1) is 25.8. The fourth-order valence-corrected chi connectivity index (χ4v) is 9.18. The third-order valence-corrected chi connectivity index (χ3v) is 11.1. The van der Waals surface area contributed by atoms with E-state index in [-0.39, 0.29) is 0 Å². The smallest absolute Gasteiger partial charge is 0.0782 e. The van der Waals surface area contributed by atoms with Crippen molar-refractivity contribution in [2.45, 2.75) is 5.41 Å². The number of para-hydroxylation sites is 7. The molecule has 3 heteroatoms. The lowest BCUT2D eigenvalue weighted by atomic mass is 9.60. The van der Waals surface area contributed by atoms with Gasteiger partial charge >= 0.3 is 0 Å². The van der Waals surface area contributed by atoms with Crippen LogP contribution in [0, 0.1) is 0 Å². The lowest BCUT2D eigenvalue weighted by molar-refractivity contribution is 0.719. The molecule has 244 valence electrons. The molecule has 0 N–H and O–H groups in total. The summed E-state index contributed by atoms with van der Waals surface area (Å²) in [5, 5.41) is 2.52. The summed E-state index contributed by atoms with van der Waals surface area (Å²) in [5.74, 6) is 0. The van der Waals surface area contributed by atoms with Gasteiger partial charge in [0.25, 0.3) is 0 Å². The minimum Gasteiger partial charge on any atom is -0.310 e. The van der Waals surface area contributed by atoms with E-state index in [2.05, 4.69) is 215 Å². The van der Waals surface area contributed by atoms with Gasteiger partial charge in [-0.1, -0.05) is 133 Å². The molecule has 0 saturated heterocycles. The second-order valence-corrected chi connectivity index (χ2v) is 13.7. The summed E-state index contributed by atoms with van der Waals surface area (Å²) in [6.07, 6.45) is 0. The van der Waals surface area contributed by atoms with Crippen molar-refractivity contribution in [3.05, 3.63) is 222 Å². The molecule has 0 aliphatic carbocycles. The van der Waals surface area contributed by atoms with Crippen molar-refractivity contribution in [2.75, 3.05) is 9.80 Å². The molecule has 11 rings (SSSR count). The first-order valence-electron chi connectivity index (χ1n) is 18.0. The van der Waals surface area contributed by atoms with Crippen LogP contribution in [0.3, 0.4) is 0 Å². The summed E-state index contributed by atoms with van der Waals surface area (Å²) in [6.45, 7) is 0. The highest BCUT2D eigenvalue weighted by atomic mass is 15.2. The van der Waals surface area contributed by atoms with Crippen LogP contribution in [0.1, 0.15) is 22.3 Å². The summed E-state index contributed by atoms with van der Waals surface area (Å²) >= 11 is 0. The van der Waals surface area contributed by atoms with Crippen LogP contribution in [-0.2, 0) is 5.41 Å². The van der Waals surface area contributed by atoms with Gasteiger partial charge in [-0.25, -0.2) is 0 Å². The minimum atomic E-state index is -0.549. The van der Waals surface area contributed by atoms with Crippen LogP contribution in [0.15, 0.2) is 200 Å². The molecule has 0 unspecified atom stereocenters. The maximum atomic E-state index is 2.47. The number of fused-ring (bicyclic) bond motifs is 11. The normalized spacial score (nSPS) is 13.8. The van der Waals surface area contributed by atoms with Gasteiger partial charge in [-0.3, -0.25) is 0 Å². The van der Waals surface area contributed by atoms with Crippen molar-refractivity contribution in [2.24, 2.45) is 0 Å². The predicted molar refractivity (Wildman–Crippen MR) is 216 cm³/mol. The number of hydrogen-bond acceptors (Lipinski definition) is 2. The zero-order valence-corrected chi connectivity index (χ0v) is 28.4. The van der Waals surface area contributed by atoms with Gasteiger partial charge in [-0.05, 0) is 89.0 Å². The van der Waals surface area contributed by atoms with Gasteiger partial charge in [-0.15, -0.1) is 0 Å². The van der Waals surface area contributed by atoms with E-state index in [0.29, 0.717) is 0 Å². The van der Waals surface area contributed by atoms with Gasteiger partial charge < -0.3 is 14.4 Å². The molecule has 3 nitrogen and oxygen atoms in total. The van der Waals surface area contributed by atoms with Crippen LogP contribution in [0.25, 0.3) is 27.5 Å². The van der Waals surface area contributed by atoms with Crippen LogP contribution in [0.4, 0.5) is 34.1 Å². The summed E-state index contributed by atoms with van der Waals surface area (Å²) in [6, 6.07) is 73.3. The fraction of sp³-hybridized carbons (Fsp3) is 0.0204. The second kappa shape index (κ2) is 11.1. The van der Waals surface area contributed by atoms with Gasteiger partial charge in [0.2, 0.25) is 0 Å². The highest BCUT2D eigenvalue weighted by molar-refractivity contribution is 6.09. The molecule has 0 fully saturated rings. The first kappa shape index (κ1) is 28.9. The van der Waals surface area contributed by atoms with E-state index in [1.165, 1.54) is 66.8 Å². The summed E-state index contributed by atoms with van der Waals surface area (Å²) in [7, 11) is 0. The summed E-state index contributed by atoms with van der Waals surface area (Å²) in [5.41, 5.74) is 15.1. The summed E-state index contributed by atoms with van der Waals surface area (Å²) < 4.78 is 2.41. The molecule has 0 saturated carbocycles. The Hall–Kier alpha value is -6.84. The van der Waals surface area contributed by atoms with E-state index < -0.39 is 5.41 Å². The molecule has 0 atom stereocenters. The zero-order valence-electron chi connectivity index (χ0n) is 28.4. The van der Waals surface area contributed by atoms with E-state index in [1.54, 1.807) is 0 Å². The number of aromatic nitrogens is 1. The number of anilines is 6. The van der Waals surface area contributed by atoms with Crippen LogP contribution >= 0.6 is 0 Å². The van der Waals surface area contributed by atoms with Gasteiger partial charge in [0.05, 0.1) is 39.2 Å². The van der Waals surface area contributed by atoms with Crippen LogP contribution in [0.2, 0.25) is 0 Å². The van der Waals surface area contributed by atoms with Crippen molar-refractivity contribution >= 4 is 55.9 Å². The first-order valence-corrected chi connectivity index (χ1v) is 18.0. The van der Waals surface area contributed by atoms with Gasteiger partial charge in [0.15, 0.2) is 0 Å². The quantitative estimate of drug-likeness (QED) is 0.186. The van der Waals surface area contributed by atoms with E-state index >= 15 is 0 Å². The Balaban J connectivity index is 1.18. The van der Waals surface area contributed by atoms with Gasteiger partial charge in [0, 0.05) is 27.8 Å². The minimum absolute atomic E-state index is 0.549. The average molecular weight is 664 g/mol. The molecule has 1 aromatic heterocycles. The number of hydrogen-bond donors (Lipinski definition) is 0. The van der Waals surface area contributed by atoms with Crippen molar-refractivity contribution < 1.29 is 0 Å². The SMILES string of the molecule is c1ccc(N2c3ccccc3C3(c4ccccc42)c2ccccc2N(c2cccc(-n4c5ccccc5c5ccccc54)c2)c2ccccc23)cc1. The monoisotopic (exact) mass is 663 g/mol. The van der Waals surface area contributed by atoms with E-state index in [9.17, 15) is 0 Å². The highest BCUT2D eigenvalue weighted by Gasteiger charge is 2.51. The Morgan fingerprint density at radius 1 is 0.288 bits per heavy atom. The Bertz CT molecular complexity index is 2680. The van der Waals surface area contributed by atoms with Crippen LogP contribution in [0.5, 0.6) is 0 Å². The molecule has 3 heterocycles. The average Bonchev–Trinajstić information content (AvgIpc) is 3.56. The maximum absolute atomic E-state index is 2.47. The standard InChI is InChI=1S/C49H33N3/c1-2-17-34(18-3-1)50-45-29-12-6-23-39(45)49(40-24-7-13-30-46(40)50)41-25-8-14-31-47(41)52(48-32-15-9-26-42(48)49)36-20-16-19-35(33-36)51-43-27-10-4-21-37(43)38-22-5-11-28-44(38)51/h1-33H. The third-order valence-electron chi connectivity index (χ3n) is 11.1. The topological polar surface area (TPSA) is 11.4 Å². The largest absolute Gasteiger partial charge is 0.310 e. The van der Waals surface area contributed by atoms with Crippen LogP contribution in [-0.4, -0.2) is 4.57 Å². The zero-order chi connectivity index (χ0) is 34.2. The molecule has 0 radical (unpaired) electrons. The molecule has 0 bridgehead atoms.